The minimum atomic E-state index is -0.243. The fraction of sp³-hybridized carbons (Fsp3) is 0.389. The fourth-order valence-electron chi connectivity index (χ4n) is 3.45. The zero-order valence-electron chi connectivity index (χ0n) is 14.2. The molecule has 136 valence electrons. The van der Waals surface area contributed by atoms with Gasteiger partial charge in [0.1, 0.15) is 5.69 Å². The van der Waals surface area contributed by atoms with Crippen molar-refractivity contribution < 1.29 is 9.59 Å². The number of H-pyrrole nitrogens is 1. The van der Waals surface area contributed by atoms with Gasteiger partial charge in [-0.3, -0.25) is 9.59 Å². The third-order valence-electron chi connectivity index (χ3n) is 4.90. The van der Waals surface area contributed by atoms with Crippen LogP contribution in [-0.2, 0) is 6.42 Å². The van der Waals surface area contributed by atoms with Crippen LogP contribution in [-0.4, -0.2) is 59.4 Å². The number of carbonyl (C=O) groups is 2. The topological polar surface area (TPSA) is 90.1 Å². The average molecular weight is 374 g/mol. The van der Waals surface area contributed by atoms with Crippen molar-refractivity contribution in [3.05, 3.63) is 52.1 Å². The van der Waals surface area contributed by atoms with Crippen LogP contribution in [0.15, 0.2) is 24.3 Å². The predicted molar refractivity (Wildman–Crippen MR) is 97.6 cm³/mol. The van der Waals surface area contributed by atoms with E-state index in [9.17, 15) is 9.59 Å². The molecule has 4 rings (SSSR count). The Kier molecular flexibility index (Phi) is 4.65. The van der Waals surface area contributed by atoms with Crippen LogP contribution in [0.25, 0.3) is 0 Å². The van der Waals surface area contributed by atoms with Gasteiger partial charge in [-0.2, -0.15) is 0 Å². The Morgan fingerprint density at radius 1 is 1.19 bits per heavy atom. The molecule has 0 radical (unpaired) electrons. The maximum absolute atomic E-state index is 12.7. The molecular weight excluding hydrogens is 354 g/mol. The third-order valence-corrected chi connectivity index (χ3v) is 5.15. The van der Waals surface area contributed by atoms with E-state index in [0.29, 0.717) is 42.5 Å². The second-order valence-electron chi connectivity index (χ2n) is 6.62. The van der Waals surface area contributed by atoms with Crippen molar-refractivity contribution in [1.82, 2.24) is 25.5 Å². The molecule has 2 aliphatic rings. The van der Waals surface area contributed by atoms with Crippen molar-refractivity contribution in [2.75, 3.05) is 32.7 Å². The summed E-state index contributed by atoms with van der Waals surface area (Å²) in [5.41, 5.74) is 2.12. The van der Waals surface area contributed by atoms with Crippen molar-refractivity contribution in [3.63, 3.8) is 0 Å². The lowest BCUT2D eigenvalue weighted by molar-refractivity contribution is 0.0724. The van der Waals surface area contributed by atoms with Crippen molar-refractivity contribution in [1.29, 1.82) is 0 Å². The molecule has 2 aromatic rings. The second-order valence-corrected chi connectivity index (χ2v) is 7.05. The summed E-state index contributed by atoms with van der Waals surface area (Å²) in [7, 11) is 0. The number of rotatable bonds is 2. The number of aromatic amines is 1. The summed E-state index contributed by atoms with van der Waals surface area (Å²) >= 11 is 5.97. The molecule has 3 N–H and O–H groups in total. The zero-order valence-corrected chi connectivity index (χ0v) is 15.0. The van der Waals surface area contributed by atoms with E-state index in [1.54, 1.807) is 4.90 Å². The van der Waals surface area contributed by atoms with Crippen LogP contribution in [0.3, 0.4) is 0 Å². The summed E-state index contributed by atoms with van der Waals surface area (Å²) in [6.07, 6.45) is 0.609. The number of imidazole rings is 1. The average Bonchev–Trinajstić information content (AvgIpc) is 3.03. The van der Waals surface area contributed by atoms with Crippen LogP contribution >= 0.6 is 11.6 Å². The van der Waals surface area contributed by atoms with E-state index in [-0.39, 0.29) is 23.6 Å². The number of benzene rings is 1. The lowest BCUT2D eigenvalue weighted by Crippen LogP contribution is -2.46. The number of hydrogen-bond donors (Lipinski definition) is 3. The number of piperazine rings is 1. The number of hydrogen-bond acceptors (Lipinski definition) is 4. The molecule has 7 nitrogen and oxygen atoms in total. The molecular formula is C18H20ClN5O2. The number of nitrogens with zero attached hydrogens (tertiary/aromatic N) is 2. The molecule has 0 unspecified atom stereocenters. The molecule has 0 aliphatic carbocycles. The molecule has 1 aromatic carbocycles. The maximum Gasteiger partial charge on any atom is 0.289 e. The van der Waals surface area contributed by atoms with E-state index in [2.05, 4.69) is 20.6 Å². The molecule has 1 saturated heterocycles. The van der Waals surface area contributed by atoms with Gasteiger partial charge in [-0.05, 0) is 24.1 Å². The molecule has 0 saturated carbocycles. The Bertz CT molecular complexity index is 827. The number of aromatic nitrogens is 2. The Morgan fingerprint density at radius 2 is 1.92 bits per heavy atom. The van der Waals surface area contributed by atoms with E-state index < -0.39 is 0 Å². The standard InChI is InChI=1S/C18H20ClN5O2/c19-13-3-1-11(2-4-13)12-9-14-15(17(25)21-10-12)23-16(22-14)18(26)24-7-5-20-6-8-24/h1-4,12,20H,5-10H2,(H,21,25)(H,22,23)/t12-/m0/s1. The first-order valence-electron chi connectivity index (χ1n) is 8.74. The van der Waals surface area contributed by atoms with Crippen LogP contribution < -0.4 is 10.6 Å². The molecule has 2 aliphatic heterocycles. The van der Waals surface area contributed by atoms with Crippen LogP contribution in [0.1, 0.15) is 38.3 Å². The maximum atomic E-state index is 12.7. The predicted octanol–water partition coefficient (Wildman–Crippen LogP) is 1.18. The van der Waals surface area contributed by atoms with Crippen molar-refractivity contribution in [2.24, 2.45) is 0 Å². The van der Waals surface area contributed by atoms with Gasteiger partial charge in [0.2, 0.25) is 0 Å². The minimum absolute atomic E-state index is 0.0973. The molecule has 1 atom stereocenters. The Balaban J connectivity index is 1.59. The smallest absolute Gasteiger partial charge is 0.289 e. The number of carbonyl (C=O) groups excluding carboxylic acids is 2. The van der Waals surface area contributed by atoms with Crippen molar-refractivity contribution in [2.45, 2.75) is 12.3 Å². The Hall–Kier alpha value is -2.38. The molecule has 1 fully saturated rings. The SMILES string of the molecule is O=C1NC[C@@H](c2ccc(Cl)cc2)Cc2[nH]c(C(=O)N3CCNCC3)nc21. The largest absolute Gasteiger partial charge is 0.350 e. The summed E-state index contributed by atoms with van der Waals surface area (Å²) in [6, 6.07) is 7.62. The lowest BCUT2D eigenvalue weighted by atomic mass is 9.94. The van der Waals surface area contributed by atoms with E-state index in [1.165, 1.54) is 0 Å². The van der Waals surface area contributed by atoms with Crippen molar-refractivity contribution in [3.8, 4) is 0 Å². The number of amides is 2. The second kappa shape index (κ2) is 7.09. The molecule has 26 heavy (non-hydrogen) atoms. The van der Waals surface area contributed by atoms with Gasteiger partial charge in [-0.15, -0.1) is 0 Å². The third kappa shape index (κ3) is 3.32. The van der Waals surface area contributed by atoms with Crippen LogP contribution in [0, 0.1) is 0 Å². The summed E-state index contributed by atoms with van der Waals surface area (Å²) in [5, 5.41) is 6.80. The number of fused-ring (bicyclic) bond motifs is 1. The highest BCUT2D eigenvalue weighted by atomic mass is 35.5. The highest BCUT2D eigenvalue weighted by Crippen LogP contribution is 2.25. The van der Waals surface area contributed by atoms with E-state index in [0.717, 1.165) is 18.7 Å². The van der Waals surface area contributed by atoms with Gasteiger partial charge in [-0.1, -0.05) is 23.7 Å². The summed E-state index contributed by atoms with van der Waals surface area (Å²) in [5.74, 6) is -0.0636. The normalized spacial score (nSPS) is 20.3. The Labute approximate surface area is 156 Å². The van der Waals surface area contributed by atoms with Gasteiger partial charge in [0.05, 0.1) is 0 Å². The van der Waals surface area contributed by atoms with Crippen LogP contribution in [0.4, 0.5) is 0 Å². The minimum Gasteiger partial charge on any atom is -0.350 e. The molecule has 0 spiro atoms. The van der Waals surface area contributed by atoms with Gasteiger partial charge in [0.15, 0.2) is 5.82 Å². The first-order chi connectivity index (χ1) is 12.6. The first kappa shape index (κ1) is 17.1. The van der Waals surface area contributed by atoms with Crippen molar-refractivity contribution >= 4 is 23.4 Å². The number of nitrogens with one attached hydrogen (secondary N) is 3. The zero-order chi connectivity index (χ0) is 18.1. The first-order valence-corrected chi connectivity index (χ1v) is 9.12. The molecule has 2 amide bonds. The van der Waals surface area contributed by atoms with Gasteiger partial charge in [0, 0.05) is 49.4 Å². The van der Waals surface area contributed by atoms with Gasteiger partial charge < -0.3 is 20.5 Å². The van der Waals surface area contributed by atoms with Gasteiger partial charge in [0.25, 0.3) is 11.8 Å². The van der Waals surface area contributed by atoms with Gasteiger partial charge >= 0.3 is 0 Å². The fourth-order valence-corrected chi connectivity index (χ4v) is 3.58. The quantitative estimate of drug-likeness (QED) is 0.737. The molecule has 8 heteroatoms. The summed E-state index contributed by atoms with van der Waals surface area (Å²) < 4.78 is 0. The van der Waals surface area contributed by atoms with Gasteiger partial charge in [-0.25, -0.2) is 4.98 Å². The highest BCUT2D eigenvalue weighted by molar-refractivity contribution is 6.30. The van der Waals surface area contributed by atoms with E-state index >= 15 is 0 Å². The monoisotopic (exact) mass is 373 g/mol. The lowest BCUT2D eigenvalue weighted by Gasteiger charge is -2.26. The van der Waals surface area contributed by atoms with Crippen LogP contribution in [0.2, 0.25) is 5.02 Å². The van der Waals surface area contributed by atoms with E-state index in [4.69, 9.17) is 11.6 Å². The summed E-state index contributed by atoms with van der Waals surface area (Å²) in [4.78, 5) is 34.2. The highest BCUT2D eigenvalue weighted by Gasteiger charge is 2.29. The summed E-state index contributed by atoms with van der Waals surface area (Å²) in [6.45, 7) is 3.34. The Morgan fingerprint density at radius 3 is 2.65 bits per heavy atom. The molecule has 3 heterocycles. The number of halogens is 1. The van der Waals surface area contributed by atoms with E-state index in [1.807, 2.05) is 24.3 Å². The van der Waals surface area contributed by atoms with Crippen LogP contribution in [0.5, 0.6) is 0 Å². The molecule has 1 aromatic heterocycles. The molecule has 0 bridgehead atoms.